The largest absolute Gasteiger partial charge is 0.279 e. The van der Waals surface area contributed by atoms with Crippen LogP contribution >= 0.6 is 0 Å². The molecule has 3 aliphatic carbocycles. The lowest BCUT2D eigenvalue weighted by atomic mass is 9.73. The number of hydrogen-bond acceptors (Lipinski definition) is 2. The Balaban J connectivity index is 1.35. The molecule has 3 aromatic rings. The molecule has 6 atom stereocenters. The normalized spacial score (nSPS) is 28.6. The number of para-hydroxylation sites is 1. The Morgan fingerprint density at radius 1 is 0.765 bits per heavy atom. The number of rotatable bonds is 6. The third-order valence-electron chi connectivity index (χ3n) is 8.35. The molecule has 3 nitrogen and oxygen atoms in total. The van der Waals surface area contributed by atoms with Gasteiger partial charge in [-0.1, -0.05) is 48.9 Å². The highest BCUT2D eigenvalue weighted by Crippen LogP contribution is 2.63. The van der Waals surface area contributed by atoms with Crippen LogP contribution in [-0.4, -0.2) is 14.7 Å². The van der Waals surface area contributed by atoms with E-state index < -0.39 is 20.9 Å². The zero-order chi connectivity index (χ0) is 23.3. The minimum absolute atomic E-state index is 0.404. The van der Waals surface area contributed by atoms with Crippen molar-refractivity contribution in [1.29, 1.82) is 0 Å². The number of hydrogen-bond donors (Lipinski definition) is 1. The van der Waals surface area contributed by atoms with Gasteiger partial charge >= 0.3 is 0 Å². The van der Waals surface area contributed by atoms with Crippen LogP contribution in [0.25, 0.3) is 0 Å². The van der Waals surface area contributed by atoms with E-state index in [9.17, 15) is 8.42 Å². The molecule has 0 saturated heterocycles. The van der Waals surface area contributed by atoms with E-state index in [1.165, 1.54) is 53.7 Å². The Morgan fingerprint density at radius 3 is 2.21 bits per heavy atom. The molecule has 34 heavy (non-hydrogen) atoms. The van der Waals surface area contributed by atoms with Gasteiger partial charge in [0.1, 0.15) is 16.6 Å². The Labute approximate surface area is 206 Å². The Hall–Kier alpha value is -2.24. The topological polar surface area (TPSA) is 46.2 Å². The molecule has 3 aliphatic rings. The van der Waals surface area contributed by atoms with Crippen molar-refractivity contribution >= 4 is 26.6 Å². The molecular weight excluding hydrogens is 458 g/mol. The fraction of sp³-hybridized carbons (Fsp3) is 0.379. The van der Waals surface area contributed by atoms with Crippen LogP contribution in [0.3, 0.4) is 0 Å². The molecule has 176 valence electrons. The van der Waals surface area contributed by atoms with Crippen molar-refractivity contribution in [2.45, 2.75) is 52.7 Å². The van der Waals surface area contributed by atoms with Crippen LogP contribution in [0, 0.1) is 23.7 Å². The second-order valence-electron chi connectivity index (χ2n) is 10.3. The fourth-order valence-electron chi connectivity index (χ4n) is 7.18. The highest BCUT2D eigenvalue weighted by atomic mass is 32.2. The van der Waals surface area contributed by atoms with Crippen LogP contribution in [0.5, 0.6) is 0 Å². The number of anilines is 1. The average molecular weight is 491 g/mol. The van der Waals surface area contributed by atoms with Crippen molar-refractivity contribution in [1.82, 2.24) is 0 Å². The zero-order valence-electron chi connectivity index (χ0n) is 19.6. The molecule has 0 spiro atoms. The predicted molar refractivity (Wildman–Crippen MR) is 140 cm³/mol. The lowest BCUT2D eigenvalue weighted by molar-refractivity contribution is 0.232. The second kappa shape index (κ2) is 8.76. The van der Waals surface area contributed by atoms with E-state index in [-0.39, 0.29) is 0 Å². The van der Waals surface area contributed by atoms with Gasteiger partial charge in [-0.05, 0) is 97.2 Å². The molecule has 0 amide bonds. The van der Waals surface area contributed by atoms with Gasteiger partial charge in [0.05, 0.1) is 6.26 Å². The molecular formula is C29H32NO2S2+. The number of sulfonamides is 1. The molecule has 0 heterocycles. The van der Waals surface area contributed by atoms with Crippen molar-refractivity contribution in [2.75, 3.05) is 11.0 Å². The summed E-state index contributed by atoms with van der Waals surface area (Å²) >= 11 is 0. The van der Waals surface area contributed by atoms with E-state index in [2.05, 4.69) is 53.3 Å². The quantitative estimate of drug-likeness (QED) is 0.391. The summed E-state index contributed by atoms with van der Waals surface area (Å²) in [6.45, 7) is 0. The highest BCUT2D eigenvalue weighted by Gasteiger charge is 2.53. The first-order valence-electron chi connectivity index (χ1n) is 12.4. The lowest BCUT2D eigenvalue weighted by Crippen LogP contribution is -2.23. The van der Waals surface area contributed by atoms with Crippen molar-refractivity contribution in [3.8, 4) is 0 Å². The van der Waals surface area contributed by atoms with Gasteiger partial charge in [0.25, 0.3) is 0 Å². The van der Waals surface area contributed by atoms with E-state index in [0.717, 1.165) is 34.5 Å². The maximum atomic E-state index is 12.1. The SMILES string of the molecule is CS(=O)(=O)Nc1ccccc1[S+](c1ccccc1)c1ccc(C2CC3CC2C2CCCC32)cc1. The first-order chi connectivity index (χ1) is 16.5. The van der Waals surface area contributed by atoms with Gasteiger partial charge in [-0.15, -0.1) is 0 Å². The van der Waals surface area contributed by atoms with Gasteiger partial charge in [-0.3, -0.25) is 4.72 Å². The molecule has 5 heteroatoms. The molecule has 0 radical (unpaired) electrons. The van der Waals surface area contributed by atoms with Gasteiger partial charge in [0, 0.05) is 0 Å². The molecule has 6 unspecified atom stereocenters. The van der Waals surface area contributed by atoms with Crippen LogP contribution in [0.1, 0.15) is 43.6 Å². The van der Waals surface area contributed by atoms with Crippen molar-refractivity contribution in [2.24, 2.45) is 23.7 Å². The van der Waals surface area contributed by atoms with Crippen LogP contribution in [0.4, 0.5) is 5.69 Å². The predicted octanol–water partition coefficient (Wildman–Crippen LogP) is 6.69. The van der Waals surface area contributed by atoms with Gasteiger partial charge in [0.2, 0.25) is 10.0 Å². The first-order valence-corrected chi connectivity index (χ1v) is 15.6. The standard InChI is InChI=1S/C29H32NO2S2/c1-34(31,32)30-28-12-5-6-13-29(28)33(22-8-3-2-4-9-22)23-16-14-20(15-17-23)26-18-21-19-27(26)25-11-7-10-24(21)25/h2-6,8-9,12-17,21,24-27,30H,7,10-11,18-19H2,1H3/q+1. The van der Waals surface area contributed by atoms with Gasteiger partial charge < -0.3 is 0 Å². The molecule has 1 N–H and O–H groups in total. The van der Waals surface area contributed by atoms with Crippen LogP contribution < -0.4 is 4.72 Å². The van der Waals surface area contributed by atoms with E-state index >= 15 is 0 Å². The summed E-state index contributed by atoms with van der Waals surface area (Å²) in [7, 11) is -3.78. The first kappa shape index (κ1) is 22.2. The minimum Gasteiger partial charge on any atom is -0.279 e. The average Bonchev–Trinajstić information content (AvgIpc) is 3.55. The third kappa shape index (κ3) is 4.07. The Kier molecular flexibility index (Phi) is 5.73. The van der Waals surface area contributed by atoms with E-state index in [1.807, 2.05) is 30.3 Å². The van der Waals surface area contributed by atoms with E-state index in [4.69, 9.17) is 0 Å². The smallest absolute Gasteiger partial charge is 0.229 e. The highest BCUT2D eigenvalue weighted by molar-refractivity contribution is 7.97. The van der Waals surface area contributed by atoms with Gasteiger partial charge in [-0.25, -0.2) is 8.42 Å². The summed E-state index contributed by atoms with van der Waals surface area (Å²) in [5, 5.41) is 0. The molecule has 3 aromatic carbocycles. The number of fused-ring (bicyclic) bond motifs is 5. The summed E-state index contributed by atoms with van der Waals surface area (Å²) in [6, 6.07) is 27.5. The van der Waals surface area contributed by atoms with Crippen molar-refractivity contribution in [3.63, 3.8) is 0 Å². The molecule has 2 bridgehead atoms. The molecule has 0 aliphatic heterocycles. The summed E-state index contributed by atoms with van der Waals surface area (Å²) in [5.41, 5.74) is 2.15. The molecule has 3 saturated carbocycles. The summed E-state index contributed by atoms with van der Waals surface area (Å²) < 4.78 is 26.9. The molecule has 6 rings (SSSR count). The van der Waals surface area contributed by atoms with Crippen molar-refractivity contribution in [3.05, 3.63) is 84.4 Å². The van der Waals surface area contributed by atoms with E-state index in [0.29, 0.717) is 5.69 Å². The summed E-state index contributed by atoms with van der Waals surface area (Å²) in [4.78, 5) is 3.41. The number of benzene rings is 3. The minimum atomic E-state index is -3.37. The maximum Gasteiger partial charge on any atom is 0.229 e. The Bertz CT molecular complexity index is 1270. The fourth-order valence-corrected chi connectivity index (χ4v) is 9.99. The van der Waals surface area contributed by atoms with Crippen LogP contribution in [-0.2, 0) is 20.9 Å². The monoisotopic (exact) mass is 490 g/mol. The van der Waals surface area contributed by atoms with Gasteiger partial charge in [0.15, 0.2) is 14.7 Å². The second-order valence-corrected chi connectivity index (χ2v) is 14.1. The Morgan fingerprint density at radius 2 is 1.44 bits per heavy atom. The molecule has 3 fully saturated rings. The van der Waals surface area contributed by atoms with Crippen LogP contribution in [0.2, 0.25) is 0 Å². The third-order valence-corrected chi connectivity index (χ3v) is 11.2. The summed E-state index contributed by atoms with van der Waals surface area (Å²) in [6.07, 6.45) is 8.38. The lowest BCUT2D eigenvalue weighted by Gasteiger charge is -2.31. The van der Waals surface area contributed by atoms with E-state index in [1.54, 1.807) is 0 Å². The summed E-state index contributed by atoms with van der Waals surface area (Å²) in [5.74, 6) is 4.54. The zero-order valence-corrected chi connectivity index (χ0v) is 21.2. The maximum absolute atomic E-state index is 12.1. The number of nitrogens with one attached hydrogen (secondary N) is 1. The van der Waals surface area contributed by atoms with Gasteiger partial charge in [-0.2, -0.15) is 0 Å². The van der Waals surface area contributed by atoms with Crippen molar-refractivity contribution < 1.29 is 8.42 Å². The molecule has 0 aromatic heterocycles. The van der Waals surface area contributed by atoms with Crippen LogP contribution in [0.15, 0.2) is 93.5 Å².